The predicted molar refractivity (Wildman–Crippen MR) is 69.7 cm³/mol. The molecule has 0 saturated carbocycles. The largest absolute Gasteiger partial charge is 0.373 e. The second-order valence-electron chi connectivity index (χ2n) is 5.13. The minimum absolute atomic E-state index is 0.0845. The topological polar surface area (TPSA) is 38.5 Å². The van der Waals surface area contributed by atoms with Gasteiger partial charge >= 0.3 is 0 Å². The second-order valence-corrected chi connectivity index (χ2v) is 5.13. The summed E-state index contributed by atoms with van der Waals surface area (Å²) in [5.41, 5.74) is 6.24. The molecule has 0 amide bonds. The maximum atomic E-state index is 13.9. The molecule has 1 aliphatic rings. The molecule has 1 fully saturated rings. The van der Waals surface area contributed by atoms with Crippen LogP contribution < -0.4 is 5.73 Å². The highest BCUT2D eigenvalue weighted by Crippen LogP contribution is 2.26. The number of rotatable bonds is 3. The summed E-state index contributed by atoms with van der Waals surface area (Å²) in [6.45, 7) is 5.66. The highest BCUT2D eigenvalue weighted by atomic mass is 19.1. The molecule has 1 aromatic carbocycles. The van der Waals surface area contributed by atoms with Crippen LogP contribution in [0.1, 0.15) is 25.5 Å². The fraction of sp³-hybridized carbons (Fsp3) is 0.571. The summed E-state index contributed by atoms with van der Waals surface area (Å²) in [6.07, 6.45) is 0.169. The van der Waals surface area contributed by atoms with Gasteiger partial charge in [-0.2, -0.15) is 0 Å². The van der Waals surface area contributed by atoms with Gasteiger partial charge in [-0.05, 0) is 19.9 Å². The molecule has 106 valence electrons. The van der Waals surface area contributed by atoms with Crippen LogP contribution in [0.5, 0.6) is 0 Å². The van der Waals surface area contributed by atoms with E-state index in [9.17, 15) is 8.78 Å². The normalized spacial score (nSPS) is 26.4. The molecule has 0 unspecified atom stereocenters. The number of morpholine rings is 1. The molecular weight excluding hydrogens is 250 g/mol. The van der Waals surface area contributed by atoms with Gasteiger partial charge < -0.3 is 10.5 Å². The molecule has 0 aromatic heterocycles. The molecule has 2 N–H and O–H groups in total. The van der Waals surface area contributed by atoms with Crippen LogP contribution in [0.15, 0.2) is 18.2 Å². The van der Waals surface area contributed by atoms with Crippen molar-refractivity contribution in [2.45, 2.75) is 32.1 Å². The van der Waals surface area contributed by atoms with Crippen molar-refractivity contribution in [3.63, 3.8) is 0 Å². The first-order valence-corrected chi connectivity index (χ1v) is 6.55. The smallest absolute Gasteiger partial charge is 0.130 e. The average Bonchev–Trinajstić information content (AvgIpc) is 2.31. The van der Waals surface area contributed by atoms with Gasteiger partial charge in [-0.15, -0.1) is 0 Å². The third kappa shape index (κ3) is 3.29. The van der Waals surface area contributed by atoms with Gasteiger partial charge in [0.05, 0.1) is 18.2 Å². The summed E-state index contributed by atoms with van der Waals surface area (Å²) in [6, 6.07) is 3.42. The highest BCUT2D eigenvalue weighted by molar-refractivity contribution is 5.23. The zero-order chi connectivity index (χ0) is 14.0. The lowest BCUT2D eigenvalue weighted by Gasteiger charge is -2.40. The van der Waals surface area contributed by atoms with Crippen molar-refractivity contribution in [1.29, 1.82) is 0 Å². The Labute approximate surface area is 112 Å². The maximum Gasteiger partial charge on any atom is 0.130 e. The van der Waals surface area contributed by atoms with E-state index >= 15 is 0 Å². The van der Waals surface area contributed by atoms with Crippen LogP contribution >= 0.6 is 0 Å². The number of hydrogen-bond donors (Lipinski definition) is 1. The molecule has 2 rings (SSSR count). The van der Waals surface area contributed by atoms with E-state index in [4.69, 9.17) is 10.5 Å². The van der Waals surface area contributed by atoms with Crippen LogP contribution in [0, 0.1) is 11.6 Å². The Kier molecular flexibility index (Phi) is 4.50. The molecule has 0 aliphatic carbocycles. The van der Waals surface area contributed by atoms with E-state index in [1.807, 2.05) is 13.8 Å². The molecule has 3 atom stereocenters. The van der Waals surface area contributed by atoms with Crippen LogP contribution in [0.3, 0.4) is 0 Å². The molecule has 19 heavy (non-hydrogen) atoms. The van der Waals surface area contributed by atoms with E-state index in [1.165, 1.54) is 12.1 Å². The molecule has 1 aromatic rings. The quantitative estimate of drug-likeness (QED) is 0.914. The monoisotopic (exact) mass is 270 g/mol. The Balaban J connectivity index is 2.23. The number of ether oxygens (including phenoxy) is 1. The lowest BCUT2D eigenvalue weighted by atomic mass is 10.0. The number of hydrogen-bond acceptors (Lipinski definition) is 3. The SMILES string of the molecule is C[C@@H]1CN([C@H](CN)c2ccc(F)cc2F)C[C@@H](C)O1. The van der Waals surface area contributed by atoms with Gasteiger partial charge in [-0.3, -0.25) is 4.90 Å². The Bertz CT molecular complexity index is 431. The molecule has 0 bridgehead atoms. The summed E-state index contributed by atoms with van der Waals surface area (Å²) in [7, 11) is 0. The number of halogens is 2. The van der Waals surface area contributed by atoms with Crippen molar-refractivity contribution in [3.05, 3.63) is 35.4 Å². The zero-order valence-corrected chi connectivity index (χ0v) is 11.3. The molecule has 3 nitrogen and oxygen atoms in total. The molecule has 1 saturated heterocycles. The predicted octanol–water partition coefficient (Wildman–Crippen LogP) is 2.07. The summed E-state index contributed by atoms with van der Waals surface area (Å²) in [4.78, 5) is 2.11. The molecular formula is C14H20F2N2O. The Morgan fingerprint density at radius 2 is 1.95 bits per heavy atom. The lowest BCUT2D eigenvalue weighted by Crippen LogP contribution is -2.48. The van der Waals surface area contributed by atoms with Crippen molar-refractivity contribution < 1.29 is 13.5 Å². The van der Waals surface area contributed by atoms with Crippen LogP contribution in [0.25, 0.3) is 0 Å². The Morgan fingerprint density at radius 3 is 2.47 bits per heavy atom. The summed E-state index contributed by atoms with van der Waals surface area (Å²) < 4.78 is 32.5. The number of benzene rings is 1. The summed E-state index contributed by atoms with van der Waals surface area (Å²) in [5.74, 6) is -1.11. The van der Waals surface area contributed by atoms with Gasteiger partial charge in [0.1, 0.15) is 11.6 Å². The minimum Gasteiger partial charge on any atom is -0.373 e. The van der Waals surface area contributed by atoms with E-state index in [-0.39, 0.29) is 18.2 Å². The first kappa shape index (κ1) is 14.4. The Hall–Kier alpha value is -1.04. The van der Waals surface area contributed by atoms with Gasteiger partial charge in [-0.1, -0.05) is 6.07 Å². The fourth-order valence-corrected chi connectivity index (χ4v) is 2.72. The van der Waals surface area contributed by atoms with Gasteiger partial charge in [0.2, 0.25) is 0 Å². The minimum atomic E-state index is -0.569. The molecule has 0 spiro atoms. The average molecular weight is 270 g/mol. The van der Waals surface area contributed by atoms with Gasteiger partial charge in [0.25, 0.3) is 0 Å². The maximum absolute atomic E-state index is 13.9. The molecule has 1 heterocycles. The first-order chi connectivity index (χ1) is 9.01. The van der Waals surface area contributed by atoms with E-state index < -0.39 is 11.6 Å². The van der Waals surface area contributed by atoms with E-state index in [0.717, 1.165) is 6.07 Å². The molecule has 0 radical (unpaired) electrons. The third-order valence-corrected chi connectivity index (χ3v) is 3.43. The van der Waals surface area contributed by atoms with Crippen LogP contribution in [-0.2, 0) is 4.74 Å². The van der Waals surface area contributed by atoms with Crippen molar-refractivity contribution in [1.82, 2.24) is 4.90 Å². The van der Waals surface area contributed by atoms with E-state index in [2.05, 4.69) is 4.90 Å². The first-order valence-electron chi connectivity index (χ1n) is 6.55. The van der Waals surface area contributed by atoms with Gasteiger partial charge in [0, 0.05) is 31.3 Å². The number of nitrogens with two attached hydrogens (primary N) is 1. The molecule has 1 aliphatic heterocycles. The zero-order valence-electron chi connectivity index (χ0n) is 11.3. The Morgan fingerprint density at radius 1 is 1.32 bits per heavy atom. The van der Waals surface area contributed by atoms with E-state index in [0.29, 0.717) is 25.2 Å². The summed E-state index contributed by atoms with van der Waals surface area (Å²) in [5, 5.41) is 0. The van der Waals surface area contributed by atoms with Crippen molar-refractivity contribution in [2.24, 2.45) is 5.73 Å². The van der Waals surface area contributed by atoms with Crippen LogP contribution in [0.4, 0.5) is 8.78 Å². The third-order valence-electron chi connectivity index (χ3n) is 3.43. The van der Waals surface area contributed by atoms with Crippen molar-refractivity contribution in [3.8, 4) is 0 Å². The number of nitrogens with zero attached hydrogens (tertiary/aromatic N) is 1. The van der Waals surface area contributed by atoms with Crippen LogP contribution in [0.2, 0.25) is 0 Å². The van der Waals surface area contributed by atoms with Crippen molar-refractivity contribution >= 4 is 0 Å². The van der Waals surface area contributed by atoms with Crippen molar-refractivity contribution in [2.75, 3.05) is 19.6 Å². The lowest BCUT2D eigenvalue weighted by molar-refractivity contribution is -0.0802. The van der Waals surface area contributed by atoms with E-state index in [1.54, 1.807) is 0 Å². The standard InChI is InChI=1S/C14H20F2N2O/c1-9-7-18(8-10(2)19-9)14(6-17)12-4-3-11(15)5-13(12)16/h3-5,9-10,14H,6-8,17H2,1-2H3/t9-,10-,14-/m1/s1. The van der Waals surface area contributed by atoms with Gasteiger partial charge in [0.15, 0.2) is 0 Å². The molecule has 5 heteroatoms. The van der Waals surface area contributed by atoms with Crippen LogP contribution in [-0.4, -0.2) is 36.7 Å². The second kappa shape index (κ2) is 5.94. The fourth-order valence-electron chi connectivity index (χ4n) is 2.72. The summed E-state index contributed by atoms with van der Waals surface area (Å²) >= 11 is 0. The van der Waals surface area contributed by atoms with Gasteiger partial charge in [-0.25, -0.2) is 8.78 Å². The highest BCUT2D eigenvalue weighted by Gasteiger charge is 2.29.